The van der Waals surface area contributed by atoms with E-state index in [1.165, 1.54) is 10.6 Å². The van der Waals surface area contributed by atoms with Crippen molar-refractivity contribution in [1.82, 2.24) is 9.55 Å². The van der Waals surface area contributed by atoms with Gasteiger partial charge in [-0.2, -0.15) is 0 Å². The Balaban J connectivity index is 0.000000455. The van der Waals surface area contributed by atoms with Gasteiger partial charge in [-0.15, -0.1) is 0 Å². The first kappa shape index (κ1) is 30.5. The number of benzene rings is 2. The number of carbonyl (C=O) groups is 3. The lowest BCUT2D eigenvalue weighted by Crippen LogP contribution is -2.39. The van der Waals surface area contributed by atoms with Gasteiger partial charge in [-0.3, -0.25) is 4.79 Å². The number of carboxylic acids is 2. The van der Waals surface area contributed by atoms with Gasteiger partial charge in [0.1, 0.15) is 25.2 Å². The number of esters is 1. The van der Waals surface area contributed by atoms with E-state index >= 15 is 0 Å². The molecule has 2 unspecified atom stereocenters. The Morgan fingerprint density at radius 2 is 1.67 bits per heavy atom. The molecule has 0 aliphatic carbocycles. The van der Waals surface area contributed by atoms with E-state index in [2.05, 4.69) is 4.98 Å². The van der Waals surface area contributed by atoms with Crippen LogP contribution < -0.4 is 0 Å². The largest absolute Gasteiger partial charge is 0.479 e. The Kier molecular flexibility index (Phi) is 10.8. The molecule has 0 aliphatic heterocycles. The lowest BCUT2D eigenvalue weighted by atomic mass is 9.97. The molecule has 0 spiro atoms. The van der Waals surface area contributed by atoms with E-state index < -0.39 is 46.8 Å². The summed E-state index contributed by atoms with van der Waals surface area (Å²) < 4.78 is 21.1. The highest BCUT2D eigenvalue weighted by atomic mass is 19.1. The number of hydrogen-bond donors (Lipinski definition) is 4. The van der Waals surface area contributed by atoms with E-state index in [4.69, 9.17) is 25.2 Å². The number of aliphatic hydroxyl groups excluding tert-OH is 2. The fraction of sp³-hybridized carbons (Fsp3) is 0.280. The Hall–Kier alpha value is -4.69. The number of aliphatic carboxylic acids is 2. The number of carboxylic acid groups (broad SMARTS) is 2. The van der Waals surface area contributed by atoms with Crippen LogP contribution in [0, 0.1) is 22.9 Å². The van der Waals surface area contributed by atoms with Crippen LogP contribution in [0.15, 0.2) is 54.7 Å². The van der Waals surface area contributed by atoms with Crippen LogP contribution in [0.3, 0.4) is 0 Å². The molecule has 0 fully saturated rings. The molecule has 0 bridgehead atoms. The van der Waals surface area contributed by atoms with Crippen molar-refractivity contribution >= 4 is 23.7 Å². The van der Waals surface area contributed by atoms with Gasteiger partial charge in [0.25, 0.3) is 0 Å². The molecule has 3 aromatic rings. The molecule has 3 atom stereocenters. The third-order valence-electron chi connectivity index (χ3n) is 5.52. The maximum Gasteiger partial charge on any atom is 0.342 e. The number of aromatic nitrogens is 2. The highest BCUT2D eigenvalue weighted by Crippen LogP contribution is 2.26. The number of rotatable bonds is 10. The molecule has 0 aliphatic rings. The molecular weight excluding hydrogens is 521 g/mol. The average molecular weight is 547 g/mol. The molecule has 13 nitrogen and oxygen atoms in total. The Bertz CT molecular complexity index is 1310. The summed E-state index contributed by atoms with van der Waals surface area (Å²) in [5, 5.41) is 43.5. The maximum atomic E-state index is 14.5. The molecule has 2 aromatic carbocycles. The van der Waals surface area contributed by atoms with Crippen molar-refractivity contribution in [3.63, 3.8) is 0 Å². The molecule has 0 radical (unpaired) electrons. The number of halogens is 1. The zero-order valence-corrected chi connectivity index (χ0v) is 20.8. The Morgan fingerprint density at radius 3 is 2.18 bits per heavy atom. The maximum absolute atomic E-state index is 14.5. The van der Waals surface area contributed by atoms with Crippen molar-refractivity contribution < 1.29 is 48.9 Å². The summed E-state index contributed by atoms with van der Waals surface area (Å²) in [6, 6.07) is 13.8. The van der Waals surface area contributed by atoms with Crippen LogP contribution >= 0.6 is 0 Å². The van der Waals surface area contributed by atoms with E-state index in [0.717, 1.165) is 11.8 Å². The second kappa shape index (κ2) is 13.7. The van der Waals surface area contributed by atoms with Crippen molar-refractivity contribution in [3.05, 3.63) is 82.0 Å². The zero-order chi connectivity index (χ0) is 29.3. The first-order chi connectivity index (χ1) is 18.3. The lowest BCUT2D eigenvalue weighted by molar-refractivity contribution is -0.392. The van der Waals surface area contributed by atoms with Crippen molar-refractivity contribution in [2.24, 2.45) is 0 Å². The van der Waals surface area contributed by atoms with Crippen molar-refractivity contribution in [2.75, 3.05) is 6.61 Å². The second-order valence-corrected chi connectivity index (χ2v) is 8.13. The van der Waals surface area contributed by atoms with Crippen LogP contribution in [0.5, 0.6) is 0 Å². The fourth-order valence-electron chi connectivity index (χ4n) is 3.30. The van der Waals surface area contributed by atoms with Crippen molar-refractivity contribution in [2.45, 2.75) is 38.5 Å². The number of ether oxygens (including phenoxy) is 1. The van der Waals surface area contributed by atoms with Crippen LogP contribution in [0.25, 0.3) is 11.1 Å². The minimum absolute atomic E-state index is 0.0498. The standard InChI is InChI=1S/C21H20FN3O4.C4H6O6/c1-14(17-8-9-18(19(22)12-17)16-6-4-3-5-7-16)21(26)29-11-10-24-15(2)23-13-20(24)25(27)28;5-1(3(7)8)2(6)4(9)10/h3-9,12-14H,10-11H2,1-2H3;1-2,5-6H,(H,7,8)(H,9,10)/t14-;/m0./s1. The number of aryl methyl sites for hydroxylation is 1. The summed E-state index contributed by atoms with van der Waals surface area (Å²) in [7, 11) is 0. The van der Waals surface area contributed by atoms with Crippen LogP contribution in [-0.2, 0) is 25.7 Å². The van der Waals surface area contributed by atoms with Gasteiger partial charge in [0.15, 0.2) is 18.0 Å². The summed E-state index contributed by atoms with van der Waals surface area (Å²) in [4.78, 5) is 46.2. The predicted octanol–water partition coefficient (Wildman–Crippen LogP) is 2.13. The Morgan fingerprint density at radius 1 is 1.08 bits per heavy atom. The molecular formula is C25H26FN3O10. The van der Waals surface area contributed by atoms with Gasteiger partial charge < -0.3 is 35.3 Å². The second-order valence-electron chi connectivity index (χ2n) is 8.13. The first-order valence-corrected chi connectivity index (χ1v) is 11.3. The summed E-state index contributed by atoms with van der Waals surface area (Å²) >= 11 is 0. The van der Waals surface area contributed by atoms with Gasteiger partial charge in [0.2, 0.25) is 0 Å². The van der Waals surface area contributed by atoms with Crippen molar-refractivity contribution in [3.8, 4) is 11.1 Å². The zero-order valence-electron chi connectivity index (χ0n) is 20.8. The fourth-order valence-corrected chi connectivity index (χ4v) is 3.30. The van der Waals surface area contributed by atoms with Gasteiger partial charge in [-0.25, -0.2) is 23.5 Å². The van der Waals surface area contributed by atoms with Crippen LogP contribution in [0.4, 0.5) is 10.2 Å². The molecule has 0 saturated carbocycles. The van der Waals surface area contributed by atoms with Gasteiger partial charge in [-0.05, 0) is 29.0 Å². The molecule has 0 amide bonds. The van der Waals surface area contributed by atoms with E-state index in [1.54, 1.807) is 26.0 Å². The van der Waals surface area contributed by atoms with Gasteiger partial charge in [0.05, 0.1) is 5.92 Å². The number of nitro groups is 1. The van der Waals surface area contributed by atoms with E-state index in [-0.39, 0.29) is 19.0 Å². The topological polar surface area (TPSA) is 202 Å². The summed E-state index contributed by atoms with van der Waals surface area (Å²) in [5.74, 6) is -4.86. The highest BCUT2D eigenvalue weighted by molar-refractivity contribution is 5.83. The molecule has 3 rings (SSSR count). The molecule has 1 heterocycles. The number of nitrogens with zero attached hydrogens (tertiary/aromatic N) is 3. The summed E-state index contributed by atoms with van der Waals surface area (Å²) in [6.07, 6.45) is -3.37. The minimum atomic E-state index is -2.27. The molecule has 1 aromatic heterocycles. The van der Waals surface area contributed by atoms with Crippen molar-refractivity contribution in [1.29, 1.82) is 0 Å². The van der Waals surface area contributed by atoms with Gasteiger partial charge in [-0.1, -0.05) is 42.5 Å². The van der Waals surface area contributed by atoms with Crippen LogP contribution in [0.1, 0.15) is 24.2 Å². The molecule has 14 heteroatoms. The third kappa shape index (κ3) is 8.15. The number of aliphatic hydroxyl groups is 2. The van der Waals surface area contributed by atoms with E-state index in [0.29, 0.717) is 17.0 Å². The first-order valence-electron chi connectivity index (χ1n) is 11.3. The number of hydrogen-bond acceptors (Lipinski definition) is 9. The normalized spacial score (nSPS) is 12.8. The van der Waals surface area contributed by atoms with Gasteiger partial charge in [0, 0.05) is 12.5 Å². The van der Waals surface area contributed by atoms with E-state index in [1.807, 2.05) is 30.3 Å². The quantitative estimate of drug-likeness (QED) is 0.164. The highest BCUT2D eigenvalue weighted by Gasteiger charge is 2.29. The van der Waals surface area contributed by atoms with Gasteiger partial charge >= 0.3 is 23.7 Å². The van der Waals surface area contributed by atoms with Crippen LogP contribution in [0.2, 0.25) is 0 Å². The molecule has 4 N–H and O–H groups in total. The number of imidazole rings is 1. The number of carbonyl (C=O) groups excluding carboxylic acids is 1. The Labute approximate surface area is 220 Å². The van der Waals surface area contributed by atoms with Crippen LogP contribution in [-0.4, -0.2) is 71.6 Å². The summed E-state index contributed by atoms with van der Waals surface area (Å²) in [6.45, 7) is 3.33. The smallest absolute Gasteiger partial charge is 0.342 e. The predicted molar refractivity (Wildman–Crippen MR) is 132 cm³/mol. The monoisotopic (exact) mass is 547 g/mol. The third-order valence-corrected chi connectivity index (χ3v) is 5.52. The average Bonchev–Trinajstić information content (AvgIpc) is 3.28. The lowest BCUT2D eigenvalue weighted by Gasteiger charge is -2.13. The molecule has 0 saturated heterocycles. The molecule has 39 heavy (non-hydrogen) atoms. The SMILES string of the molecule is Cc1ncc([N+](=O)[O-])n1CCOC(=O)[C@@H](C)c1ccc(-c2ccccc2)c(F)c1.O=C(O)C(O)C(O)C(=O)O. The van der Waals surface area contributed by atoms with E-state index in [9.17, 15) is 28.9 Å². The summed E-state index contributed by atoms with van der Waals surface area (Å²) in [5.41, 5.74) is 1.71. The minimum Gasteiger partial charge on any atom is -0.479 e. The molecule has 208 valence electrons.